The maximum absolute atomic E-state index is 2.67. The molecule has 0 saturated heterocycles. The van der Waals surface area contributed by atoms with E-state index in [9.17, 15) is 0 Å². The lowest BCUT2D eigenvalue weighted by Gasteiger charge is -2.33. The van der Waals surface area contributed by atoms with E-state index in [4.69, 9.17) is 0 Å². The van der Waals surface area contributed by atoms with Gasteiger partial charge in [0.2, 0.25) is 0 Å². The number of rotatable bonds is 30. The van der Waals surface area contributed by atoms with Gasteiger partial charge in [0.05, 0.1) is 55.4 Å². The first-order valence-corrected chi connectivity index (χ1v) is 26.1. The molecule has 4 heteroatoms. The first-order valence-electron chi connectivity index (χ1n) is 24.5. The zero-order valence-corrected chi connectivity index (χ0v) is 41.0. The molecule has 2 nitrogen and oxygen atoms in total. The highest BCUT2D eigenvalue weighted by Crippen LogP contribution is 2.56. The van der Waals surface area contributed by atoms with Crippen molar-refractivity contribution in [1.82, 2.24) is 0 Å². The summed E-state index contributed by atoms with van der Waals surface area (Å²) in [6.07, 6.45) is 31.9. The van der Waals surface area contributed by atoms with Crippen LogP contribution < -0.4 is 0 Å². The molecule has 0 amide bonds. The van der Waals surface area contributed by atoms with Crippen LogP contribution in [0.1, 0.15) is 176 Å². The van der Waals surface area contributed by atoms with E-state index in [0.29, 0.717) is 0 Å². The molecule has 0 fully saturated rings. The molecule has 2 heterocycles. The van der Waals surface area contributed by atoms with Crippen LogP contribution in [-0.4, -0.2) is 64.3 Å². The predicted octanol–water partition coefficient (Wildman–Crippen LogP) is 16.5. The van der Waals surface area contributed by atoms with Crippen molar-refractivity contribution in [2.75, 3.05) is 55.4 Å². The van der Waals surface area contributed by atoms with Gasteiger partial charge in [-0.05, 0) is 134 Å². The summed E-state index contributed by atoms with van der Waals surface area (Å²) in [5.41, 5.74) is 9.19. The lowest BCUT2D eigenvalue weighted by atomic mass is 9.70. The minimum Gasteiger partial charge on any atom is -0.331 e. The first kappa shape index (κ1) is 47.8. The Bertz CT molecular complexity index is 1660. The van der Waals surface area contributed by atoms with E-state index in [1.165, 1.54) is 199 Å². The smallest absolute Gasteiger partial charge is 0.0780 e. The summed E-state index contributed by atoms with van der Waals surface area (Å²) in [5, 5.41) is 0. The van der Waals surface area contributed by atoms with Crippen molar-refractivity contribution in [3.8, 4) is 32.0 Å². The molecule has 5 rings (SSSR count). The fourth-order valence-electron chi connectivity index (χ4n) is 9.69. The number of thiophene rings is 2. The van der Waals surface area contributed by atoms with Gasteiger partial charge < -0.3 is 8.97 Å². The maximum atomic E-state index is 2.67. The number of aryl methyl sites for hydroxylation is 2. The summed E-state index contributed by atoms with van der Waals surface area (Å²) in [6.45, 7) is 7.15. The minimum absolute atomic E-state index is 0.0635. The Balaban J connectivity index is 1.44. The summed E-state index contributed by atoms with van der Waals surface area (Å²) in [4.78, 5) is 6.03. The lowest BCUT2D eigenvalue weighted by Crippen LogP contribution is -2.35. The van der Waals surface area contributed by atoms with Crippen molar-refractivity contribution in [2.45, 2.75) is 173 Å². The first-order chi connectivity index (χ1) is 28.4. The maximum Gasteiger partial charge on any atom is 0.0780 e. The third-order valence-electron chi connectivity index (χ3n) is 13.2. The zero-order valence-electron chi connectivity index (χ0n) is 39.4. The average Bonchev–Trinajstić information content (AvgIpc) is 3.94. The minimum atomic E-state index is 0.0635. The molecule has 2 aromatic carbocycles. The quantitative estimate of drug-likeness (QED) is 0.0362. The second kappa shape index (κ2) is 23.8. The van der Waals surface area contributed by atoms with Crippen LogP contribution in [0.25, 0.3) is 32.0 Å². The fourth-order valence-corrected chi connectivity index (χ4v) is 11.8. The number of quaternary nitrogens is 2. The highest BCUT2D eigenvalue weighted by Gasteiger charge is 2.42. The van der Waals surface area contributed by atoms with Gasteiger partial charge in [-0.25, -0.2) is 0 Å². The van der Waals surface area contributed by atoms with Crippen molar-refractivity contribution in [3.05, 3.63) is 81.5 Å². The van der Waals surface area contributed by atoms with Gasteiger partial charge in [-0.1, -0.05) is 128 Å². The van der Waals surface area contributed by atoms with Crippen LogP contribution >= 0.6 is 22.7 Å². The van der Waals surface area contributed by atoms with Crippen molar-refractivity contribution in [2.24, 2.45) is 0 Å². The van der Waals surface area contributed by atoms with Crippen molar-refractivity contribution in [3.63, 3.8) is 0 Å². The van der Waals surface area contributed by atoms with Gasteiger partial charge >= 0.3 is 0 Å². The lowest BCUT2D eigenvalue weighted by molar-refractivity contribution is -0.870. The molecule has 0 atom stereocenters. The average molecular weight is 839 g/mol. The molecule has 0 radical (unpaired) electrons. The molecule has 0 unspecified atom stereocenters. The largest absolute Gasteiger partial charge is 0.331 e. The van der Waals surface area contributed by atoms with Crippen LogP contribution in [0.3, 0.4) is 0 Å². The van der Waals surface area contributed by atoms with Crippen molar-refractivity contribution in [1.29, 1.82) is 0 Å². The molecule has 4 aromatic rings. The van der Waals surface area contributed by atoms with Crippen LogP contribution in [0, 0.1) is 0 Å². The standard InChI is InChI=1S/C55H86N2S2/c1-9-11-13-15-17-23-29-47-33-37-53(58-47)45-31-35-49-50-36-32-46(54-38-34-48(59-54)30-24-18-16-14-12-10-2)44-52(50)55(51(49)43-45,39-25-19-21-27-41-56(3,4)5)40-26-20-22-28-42-57(6,7)8/h31-38,43-44H,9-30,39-42H2,1-8H3/q+2. The molecular formula is C55H86N2S2+2. The van der Waals surface area contributed by atoms with E-state index in [0.717, 1.165) is 8.97 Å². The van der Waals surface area contributed by atoms with Crippen LogP contribution in [-0.2, 0) is 18.3 Å². The van der Waals surface area contributed by atoms with Gasteiger partial charge in [0, 0.05) is 24.9 Å². The number of nitrogens with zero attached hydrogens (tertiary/aromatic N) is 2. The topological polar surface area (TPSA) is 0 Å². The number of hydrogen-bond donors (Lipinski definition) is 0. The van der Waals surface area contributed by atoms with Gasteiger partial charge in [-0.3, -0.25) is 0 Å². The molecule has 1 aliphatic rings. The van der Waals surface area contributed by atoms with E-state index in [2.05, 4.69) is 139 Å². The van der Waals surface area contributed by atoms with Crippen molar-refractivity contribution < 1.29 is 8.97 Å². The van der Waals surface area contributed by atoms with Gasteiger partial charge in [0.15, 0.2) is 0 Å². The molecule has 1 aliphatic carbocycles. The number of unbranched alkanes of at least 4 members (excludes halogenated alkanes) is 16. The summed E-state index contributed by atoms with van der Waals surface area (Å²) < 4.78 is 2.13. The number of hydrogen-bond acceptors (Lipinski definition) is 2. The summed E-state index contributed by atoms with van der Waals surface area (Å²) in [6, 6.07) is 25.0. The molecule has 0 spiro atoms. The third-order valence-corrected chi connectivity index (χ3v) is 15.6. The molecule has 0 aliphatic heterocycles. The van der Waals surface area contributed by atoms with Crippen LogP contribution in [0.4, 0.5) is 0 Å². The van der Waals surface area contributed by atoms with Gasteiger partial charge in [-0.2, -0.15) is 0 Å². The van der Waals surface area contributed by atoms with E-state index >= 15 is 0 Å². The third kappa shape index (κ3) is 15.0. The Morgan fingerprint density at radius 3 is 1.19 bits per heavy atom. The Morgan fingerprint density at radius 1 is 0.407 bits per heavy atom. The second-order valence-electron chi connectivity index (χ2n) is 20.5. The Kier molecular flexibility index (Phi) is 19.3. The summed E-state index contributed by atoms with van der Waals surface area (Å²) in [5.74, 6) is 0. The summed E-state index contributed by atoms with van der Waals surface area (Å²) >= 11 is 4.10. The van der Waals surface area contributed by atoms with Crippen LogP contribution in [0.2, 0.25) is 0 Å². The number of fused-ring (bicyclic) bond motifs is 3. The van der Waals surface area contributed by atoms with Crippen LogP contribution in [0.5, 0.6) is 0 Å². The van der Waals surface area contributed by atoms with E-state index < -0.39 is 0 Å². The SMILES string of the molecule is CCCCCCCCc1ccc(-c2ccc3c(c2)C(CCCCCC[N+](C)(C)C)(CCCCCC[N+](C)(C)C)c2cc(-c4ccc(CCCCCCCC)s4)ccc2-3)s1. The highest BCUT2D eigenvalue weighted by atomic mass is 32.1. The van der Waals surface area contributed by atoms with Crippen LogP contribution in [0.15, 0.2) is 60.7 Å². The Labute approximate surface area is 372 Å². The molecule has 0 bridgehead atoms. The fraction of sp³-hybridized carbons (Fsp3) is 0.636. The van der Waals surface area contributed by atoms with Crippen molar-refractivity contribution >= 4 is 22.7 Å². The van der Waals surface area contributed by atoms with E-state index in [-0.39, 0.29) is 5.41 Å². The molecule has 0 N–H and O–H groups in total. The van der Waals surface area contributed by atoms with E-state index in [1.54, 1.807) is 20.9 Å². The zero-order chi connectivity index (χ0) is 42.1. The predicted molar refractivity (Wildman–Crippen MR) is 265 cm³/mol. The normalized spacial score (nSPS) is 13.6. The summed E-state index contributed by atoms with van der Waals surface area (Å²) in [7, 11) is 14.0. The molecule has 2 aromatic heterocycles. The molecule has 59 heavy (non-hydrogen) atoms. The van der Waals surface area contributed by atoms with Gasteiger partial charge in [-0.15, -0.1) is 22.7 Å². The molecular weight excluding hydrogens is 753 g/mol. The molecule has 0 saturated carbocycles. The molecule has 326 valence electrons. The Morgan fingerprint density at radius 2 is 0.780 bits per heavy atom. The second-order valence-corrected chi connectivity index (χ2v) is 22.9. The highest BCUT2D eigenvalue weighted by molar-refractivity contribution is 7.15. The van der Waals surface area contributed by atoms with E-state index in [1.807, 2.05) is 0 Å². The number of benzene rings is 2. The monoisotopic (exact) mass is 839 g/mol. The Hall–Kier alpha value is -2.24. The van der Waals surface area contributed by atoms with Gasteiger partial charge in [0.1, 0.15) is 0 Å². The van der Waals surface area contributed by atoms with Gasteiger partial charge in [0.25, 0.3) is 0 Å².